The van der Waals surface area contributed by atoms with E-state index in [1.807, 2.05) is 22.8 Å². The Morgan fingerprint density at radius 1 is 1.37 bits per heavy atom. The van der Waals surface area contributed by atoms with Gasteiger partial charge in [-0.15, -0.1) is 0 Å². The topological polar surface area (TPSA) is 93.1 Å². The van der Waals surface area contributed by atoms with Crippen molar-refractivity contribution in [3.63, 3.8) is 0 Å². The zero-order chi connectivity index (χ0) is 21.3. The molecule has 1 N–H and O–H groups in total. The van der Waals surface area contributed by atoms with E-state index < -0.39 is 9.84 Å². The number of aromatic amines is 1. The minimum Gasteiger partial charge on any atom is -0.385 e. The number of rotatable bonds is 8. The van der Waals surface area contributed by atoms with E-state index in [-0.39, 0.29) is 11.2 Å². The number of halogens is 1. The lowest BCUT2D eigenvalue weighted by Crippen LogP contribution is -2.25. The predicted molar refractivity (Wildman–Crippen MR) is 115 cm³/mol. The van der Waals surface area contributed by atoms with E-state index in [2.05, 4.69) is 14.9 Å². The van der Waals surface area contributed by atoms with Crippen molar-refractivity contribution in [2.75, 3.05) is 26.5 Å². The Morgan fingerprint density at radius 2 is 2.20 bits per heavy atom. The zero-order valence-electron chi connectivity index (χ0n) is 17.1. The number of H-pyrrole nitrogens is 1. The summed E-state index contributed by atoms with van der Waals surface area (Å²) in [6.07, 6.45) is 5.64. The van der Waals surface area contributed by atoms with Crippen LogP contribution in [0.5, 0.6) is 0 Å². The zero-order valence-corrected chi connectivity index (χ0v) is 18.7. The number of aromatic nitrogens is 4. The summed E-state index contributed by atoms with van der Waals surface area (Å²) >= 11 is 6.11. The van der Waals surface area contributed by atoms with Gasteiger partial charge < -0.3 is 14.3 Å². The van der Waals surface area contributed by atoms with Crippen molar-refractivity contribution in [3.05, 3.63) is 40.9 Å². The van der Waals surface area contributed by atoms with Gasteiger partial charge >= 0.3 is 0 Å². The van der Waals surface area contributed by atoms with E-state index in [1.165, 1.54) is 6.26 Å². The fourth-order valence-electron chi connectivity index (χ4n) is 4.11. The minimum absolute atomic E-state index is 0.114. The second-order valence-corrected chi connectivity index (χ2v) is 10.1. The van der Waals surface area contributed by atoms with E-state index in [0.29, 0.717) is 24.7 Å². The molecule has 1 aliphatic heterocycles. The van der Waals surface area contributed by atoms with Crippen molar-refractivity contribution in [2.45, 2.75) is 43.6 Å². The molecule has 162 valence electrons. The molecule has 30 heavy (non-hydrogen) atoms. The SMILES string of the molecule is COCCCn1c(CN2CCCC2c2nc3ccc(Cl)cc3[nH]2)cnc1S(C)(=O)=O. The molecule has 2 aromatic heterocycles. The Labute approximate surface area is 181 Å². The number of nitrogens with one attached hydrogen (secondary N) is 1. The van der Waals surface area contributed by atoms with Gasteiger partial charge in [0.2, 0.25) is 15.0 Å². The quantitative estimate of drug-likeness (QED) is 0.528. The van der Waals surface area contributed by atoms with Crippen LogP contribution < -0.4 is 0 Å². The van der Waals surface area contributed by atoms with Crippen LogP contribution in [-0.2, 0) is 27.7 Å². The number of hydrogen-bond donors (Lipinski definition) is 1. The van der Waals surface area contributed by atoms with E-state index >= 15 is 0 Å². The molecule has 0 aliphatic carbocycles. The molecule has 0 spiro atoms. The molecular weight excluding hydrogens is 426 g/mol. The summed E-state index contributed by atoms with van der Waals surface area (Å²) < 4.78 is 31.3. The van der Waals surface area contributed by atoms with Crippen molar-refractivity contribution in [2.24, 2.45) is 0 Å². The number of hydrogen-bond acceptors (Lipinski definition) is 6. The Kier molecular flexibility index (Phi) is 6.15. The second-order valence-electron chi connectivity index (χ2n) is 7.71. The smallest absolute Gasteiger partial charge is 0.227 e. The van der Waals surface area contributed by atoms with Gasteiger partial charge in [0.1, 0.15) is 5.82 Å². The van der Waals surface area contributed by atoms with Crippen LogP contribution in [0, 0.1) is 0 Å². The number of fused-ring (bicyclic) bond motifs is 1. The third-order valence-electron chi connectivity index (χ3n) is 5.47. The fraction of sp³-hybridized carbons (Fsp3) is 0.500. The second kappa shape index (κ2) is 8.66. The number of benzene rings is 1. The molecule has 3 heterocycles. The Hall–Kier alpha value is -1.94. The molecule has 1 atom stereocenters. The van der Waals surface area contributed by atoms with E-state index in [4.69, 9.17) is 21.3 Å². The molecule has 1 fully saturated rings. The maximum absolute atomic E-state index is 12.2. The maximum atomic E-state index is 12.2. The molecule has 0 radical (unpaired) electrons. The summed E-state index contributed by atoms with van der Waals surface area (Å²) in [4.78, 5) is 14.7. The Bertz CT molecular complexity index is 1140. The first-order valence-corrected chi connectivity index (χ1v) is 12.3. The molecule has 1 unspecified atom stereocenters. The first-order chi connectivity index (χ1) is 14.4. The molecule has 4 rings (SSSR count). The lowest BCUT2D eigenvalue weighted by atomic mass is 10.2. The van der Waals surface area contributed by atoms with Crippen LogP contribution in [-0.4, -0.2) is 59.4 Å². The van der Waals surface area contributed by atoms with Crippen LogP contribution in [0.4, 0.5) is 0 Å². The van der Waals surface area contributed by atoms with E-state index in [9.17, 15) is 8.42 Å². The molecule has 1 aromatic carbocycles. The Balaban J connectivity index is 1.60. The van der Waals surface area contributed by atoms with Gasteiger partial charge in [0.25, 0.3) is 0 Å². The summed E-state index contributed by atoms with van der Waals surface area (Å²) in [5.41, 5.74) is 2.70. The molecule has 10 heteroatoms. The van der Waals surface area contributed by atoms with Crippen molar-refractivity contribution in [1.82, 2.24) is 24.4 Å². The standard InChI is InChI=1S/C20H26ClN5O3S/c1-29-10-4-9-26-15(12-22-20(26)30(2,27)28)13-25-8-3-5-18(25)19-23-16-7-6-14(21)11-17(16)24-19/h6-7,11-12,18H,3-5,8-10,13H2,1-2H3,(H,23,24). The van der Waals surface area contributed by atoms with Gasteiger partial charge in [0.05, 0.1) is 29.0 Å². The highest BCUT2D eigenvalue weighted by Crippen LogP contribution is 2.33. The number of sulfone groups is 1. The molecule has 1 aliphatic rings. The lowest BCUT2D eigenvalue weighted by Gasteiger charge is -2.23. The van der Waals surface area contributed by atoms with Crippen LogP contribution in [0.15, 0.2) is 29.6 Å². The van der Waals surface area contributed by atoms with Crippen LogP contribution in [0.2, 0.25) is 5.02 Å². The lowest BCUT2D eigenvalue weighted by molar-refractivity contribution is 0.187. The van der Waals surface area contributed by atoms with E-state index in [0.717, 1.165) is 48.4 Å². The highest BCUT2D eigenvalue weighted by atomic mass is 35.5. The van der Waals surface area contributed by atoms with Gasteiger partial charge in [0, 0.05) is 38.1 Å². The molecule has 1 saturated heterocycles. The fourth-order valence-corrected chi connectivity index (χ4v) is 5.14. The molecular formula is C20H26ClN5O3S. The average Bonchev–Trinajstić information content (AvgIpc) is 3.39. The van der Waals surface area contributed by atoms with E-state index in [1.54, 1.807) is 13.3 Å². The van der Waals surface area contributed by atoms with Gasteiger partial charge in [0.15, 0.2) is 0 Å². The summed E-state index contributed by atoms with van der Waals surface area (Å²) in [6, 6.07) is 5.78. The van der Waals surface area contributed by atoms with Crippen LogP contribution in [0.3, 0.4) is 0 Å². The van der Waals surface area contributed by atoms with Crippen molar-refractivity contribution in [1.29, 1.82) is 0 Å². The minimum atomic E-state index is -3.41. The van der Waals surface area contributed by atoms with Crippen molar-refractivity contribution in [3.8, 4) is 0 Å². The molecule has 0 amide bonds. The third-order valence-corrected chi connectivity index (χ3v) is 6.69. The summed E-state index contributed by atoms with van der Waals surface area (Å²) in [7, 11) is -1.77. The molecule has 8 nitrogen and oxygen atoms in total. The van der Waals surface area contributed by atoms with Crippen LogP contribution in [0.1, 0.15) is 36.8 Å². The first-order valence-electron chi connectivity index (χ1n) is 9.99. The number of ether oxygens (including phenoxy) is 1. The highest BCUT2D eigenvalue weighted by molar-refractivity contribution is 7.90. The van der Waals surface area contributed by atoms with Crippen molar-refractivity contribution >= 4 is 32.5 Å². The predicted octanol–water partition coefficient (Wildman–Crippen LogP) is 3.19. The van der Waals surface area contributed by atoms with Gasteiger partial charge in [-0.05, 0) is 44.0 Å². The number of likely N-dealkylation sites (tertiary alicyclic amines) is 1. The normalized spacial score (nSPS) is 17.9. The van der Waals surface area contributed by atoms with Crippen LogP contribution in [0.25, 0.3) is 11.0 Å². The number of imidazole rings is 2. The molecule has 0 saturated carbocycles. The van der Waals surface area contributed by atoms with Crippen molar-refractivity contribution < 1.29 is 13.2 Å². The van der Waals surface area contributed by atoms with Crippen LogP contribution >= 0.6 is 11.6 Å². The largest absolute Gasteiger partial charge is 0.385 e. The summed E-state index contributed by atoms with van der Waals surface area (Å²) in [5.74, 6) is 0.915. The Morgan fingerprint density at radius 3 is 2.97 bits per heavy atom. The van der Waals surface area contributed by atoms with Gasteiger partial charge in [-0.25, -0.2) is 18.4 Å². The van der Waals surface area contributed by atoms with Gasteiger partial charge in [-0.2, -0.15) is 0 Å². The molecule has 3 aromatic rings. The summed E-state index contributed by atoms with van der Waals surface area (Å²) in [5, 5.41) is 0.789. The third kappa shape index (κ3) is 4.39. The number of methoxy groups -OCH3 is 1. The monoisotopic (exact) mass is 451 g/mol. The van der Waals surface area contributed by atoms with Gasteiger partial charge in [-0.1, -0.05) is 11.6 Å². The first kappa shape index (κ1) is 21.3. The molecule has 0 bridgehead atoms. The maximum Gasteiger partial charge on any atom is 0.227 e. The number of nitrogens with zero attached hydrogens (tertiary/aromatic N) is 4. The highest BCUT2D eigenvalue weighted by Gasteiger charge is 2.30. The average molecular weight is 452 g/mol. The summed E-state index contributed by atoms with van der Waals surface area (Å²) in [6.45, 7) is 2.64. The van der Waals surface area contributed by atoms with Gasteiger partial charge in [-0.3, -0.25) is 4.90 Å².